The van der Waals surface area contributed by atoms with E-state index in [0.717, 1.165) is 22.3 Å². The number of nitrogens with two attached hydrogens (primary N) is 1. The Morgan fingerprint density at radius 3 is 2.37 bits per heavy atom. The van der Waals surface area contributed by atoms with Crippen molar-refractivity contribution in [2.45, 2.75) is 159 Å². The third-order valence-electron chi connectivity index (χ3n) is 16.0. The molecule has 2 aromatic carbocycles. The Balaban J connectivity index is 1.36. The maximum absolute atomic E-state index is 14.6. The highest BCUT2D eigenvalue weighted by atomic mass is 79.9. The maximum atomic E-state index is 14.6. The number of aldehydes is 1. The quantitative estimate of drug-likeness (QED) is 0.0184. The second-order valence-electron chi connectivity index (χ2n) is 22.9. The van der Waals surface area contributed by atoms with Gasteiger partial charge in [0.05, 0.1) is 42.1 Å². The van der Waals surface area contributed by atoms with Crippen molar-refractivity contribution < 1.29 is 71.9 Å². The largest absolute Gasteiger partial charge is 0.495 e. The number of aliphatic hydroxyl groups is 1. The molecule has 27 heteroatoms. The summed E-state index contributed by atoms with van der Waals surface area (Å²) in [5.74, 6) is -4.76. The number of para-hydroxylation sites is 1. The average molecular weight is 1370 g/mol. The molecule has 5 rings (SSSR count). The van der Waals surface area contributed by atoms with Crippen LogP contribution in [-0.4, -0.2) is 175 Å². The molecule has 0 radical (unpaired) electrons. The number of benzene rings is 2. The minimum atomic E-state index is -1.93. The number of allylic oxidation sites excluding steroid dienone is 3. The summed E-state index contributed by atoms with van der Waals surface area (Å²) in [6.45, 7) is 10.8. The standard InChI is InChI=1S/C60H84Br2ClN9O15/c1-34(2)50(69-47(74)23-12-11-15-25-66-59(31-61,32-62)33-73)53(77)68-41(21-17-24-65-56(64)80)52(76)67-40-20-14-13-19-39(40)54(78)71(7)37(5)55(79)86-46-29-48(75)72(8)42-27-38(28-43(83-9)49(42)63)26-35(3)18-16-22-45(84-10)60(82)30-44(85-57(81)70-60)36(4)51-58(46,6)87-51/h13-14,16,18-20,22,27-28,33-34,36-37,41,44-46,50-51,66,82H,11-12,15,17,21,23-26,29-32H2,1-10H3,(H,67,76)(H,68,77)(H,69,74)(H,70,81)(H3,64,65,80)/b22-16+,35-18+/t36-,37+,41+,44+,45-,46+,50+,51+,58+,60+/m1/s1. The van der Waals surface area contributed by atoms with Crippen molar-refractivity contribution in [2.75, 3.05) is 62.3 Å². The van der Waals surface area contributed by atoms with E-state index in [2.05, 4.69) is 63.8 Å². The topological polar surface area (TPSA) is 328 Å². The Labute approximate surface area is 530 Å². The van der Waals surface area contributed by atoms with Gasteiger partial charge in [0.25, 0.3) is 5.91 Å². The molecule has 4 bridgehead atoms. The number of methoxy groups -OCH3 is 2. The number of primary amides is 1. The molecule has 480 valence electrons. The van der Waals surface area contributed by atoms with Crippen LogP contribution in [0.2, 0.25) is 5.02 Å². The predicted molar refractivity (Wildman–Crippen MR) is 334 cm³/mol. The van der Waals surface area contributed by atoms with Crippen LogP contribution in [0.15, 0.2) is 60.2 Å². The monoisotopic (exact) mass is 1360 g/mol. The molecule has 2 fully saturated rings. The number of halogens is 3. The van der Waals surface area contributed by atoms with Crippen molar-refractivity contribution >= 4 is 109 Å². The number of hydrogen-bond acceptors (Lipinski definition) is 16. The normalized spacial score (nSPS) is 24.2. The highest BCUT2D eigenvalue weighted by molar-refractivity contribution is 9.10. The first-order chi connectivity index (χ1) is 41.1. The molecule has 0 aromatic heterocycles. The van der Waals surface area contributed by atoms with E-state index < -0.39 is 119 Å². The average Bonchev–Trinajstić information content (AvgIpc) is 1.59. The second kappa shape index (κ2) is 32.4. The van der Waals surface area contributed by atoms with E-state index in [1.165, 1.54) is 52.3 Å². The highest BCUT2D eigenvalue weighted by Crippen LogP contribution is 2.49. The number of urea groups is 1. The number of alkyl halides is 2. The lowest BCUT2D eigenvalue weighted by Crippen LogP contribution is -2.63. The van der Waals surface area contributed by atoms with Gasteiger partial charge in [-0.2, -0.15) is 0 Å². The Kier molecular flexibility index (Phi) is 26.6. The van der Waals surface area contributed by atoms with Crippen molar-refractivity contribution in [3.05, 3.63) is 76.3 Å². The number of nitrogens with one attached hydrogen (secondary N) is 6. The van der Waals surface area contributed by atoms with Crippen molar-refractivity contribution in [2.24, 2.45) is 17.6 Å². The van der Waals surface area contributed by atoms with E-state index in [9.17, 15) is 48.3 Å². The number of ether oxygens (including phenoxy) is 5. The van der Waals surface area contributed by atoms with E-state index >= 15 is 0 Å². The van der Waals surface area contributed by atoms with Crippen LogP contribution in [0, 0.1) is 11.8 Å². The van der Waals surface area contributed by atoms with Gasteiger partial charge in [-0.15, -0.1) is 0 Å². The molecule has 24 nitrogen and oxygen atoms in total. The second-order valence-corrected chi connectivity index (χ2v) is 24.4. The number of unbranched alkanes of at least 4 members (excludes halogenated alkanes) is 2. The SMILES string of the molecule is COc1cc2cc(c1Cl)N(C)C(=O)C[C@H](OC(=O)[C@H](C)N(C)C(=O)c1ccccc1NC(=O)[C@H](CCCNC(N)=O)NC(=O)[C@@H](NC(=O)CCCCCNC(C=O)(CBr)CBr)C(C)C)[C@]1(C)O[C@H]1[C@H](C)[C@@H]1C[C@@](O)(NC(=O)O1)[C@H](OC)/C=C/C=C(\C)C2. The molecule has 0 unspecified atom stereocenters. The smallest absolute Gasteiger partial charge is 0.409 e. The number of carbonyl (C=O) groups is 9. The summed E-state index contributed by atoms with van der Waals surface area (Å²) >= 11 is 13.6. The van der Waals surface area contributed by atoms with Crippen LogP contribution in [0.1, 0.15) is 109 Å². The molecule has 2 saturated heterocycles. The number of nitrogens with zero attached hydrogens (tertiary/aromatic N) is 2. The van der Waals surface area contributed by atoms with Gasteiger partial charge in [0.2, 0.25) is 23.6 Å². The van der Waals surface area contributed by atoms with Crippen LogP contribution >= 0.6 is 43.5 Å². The molecule has 0 aliphatic carbocycles. The molecule has 8 amide bonds. The Morgan fingerprint density at radius 1 is 1.02 bits per heavy atom. The number of alkyl carbamates (subject to hydrolysis) is 1. The molecular formula is C60H84Br2ClN9O15. The number of fused-ring (bicyclic) bond motifs is 5. The lowest BCUT2D eigenvalue weighted by atomic mass is 9.83. The van der Waals surface area contributed by atoms with E-state index in [4.69, 9.17) is 41.0 Å². The van der Waals surface area contributed by atoms with Gasteiger partial charge in [0.15, 0.2) is 5.72 Å². The predicted octanol–water partition coefficient (Wildman–Crippen LogP) is 5.72. The van der Waals surface area contributed by atoms with Crippen LogP contribution in [-0.2, 0) is 54.1 Å². The lowest BCUT2D eigenvalue weighted by molar-refractivity contribution is -0.158. The van der Waals surface area contributed by atoms with Crippen LogP contribution in [0.5, 0.6) is 5.75 Å². The van der Waals surface area contributed by atoms with Crippen LogP contribution < -0.4 is 47.3 Å². The van der Waals surface area contributed by atoms with E-state index in [-0.39, 0.29) is 54.4 Å². The zero-order valence-electron chi connectivity index (χ0n) is 50.9. The molecule has 87 heavy (non-hydrogen) atoms. The molecule has 2 aromatic rings. The number of esters is 1. The molecule has 10 atom stereocenters. The van der Waals surface area contributed by atoms with Gasteiger partial charge in [0, 0.05) is 57.2 Å². The first kappa shape index (κ1) is 71.6. The first-order valence-corrected chi connectivity index (χ1v) is 31.5. The Morgan fingerprint density at radius 2 is 1.72 bits per heavy atom. The molecule has 3 heterocycles. The summed E-state index contributed by atoms with van der Waals surface area (Å²) in [4.78, 5) is 124. The first-order valence-electron chi connectivity index (χ1n) is 28.8. The van der Waals surface area contributed by atoms with Crippen LogP contribution in [0.25, 0.3) is 0 Å². The molecule has 9 N–H and O–H groups in total. The van der Waals surface area contributed by atoms with Gasteiger partial charge in [-0.1, -0.05) is 107 Å². The number of hydrogen-bond donors (Lipinski definition) is 8. The summed E-state index contributed by atoms with van der Waals surface area (Å²) in [6, 6.07) is 5.07. The van der Waals surface area contributed by atoms with Crippen molar-refractivity contribution in [3.63, 3.8) is 0 Å². The van der Waals surface area contributed by atoms with Gasteiger partial charge in [-0.05, 0) is 95.2 Å². The van der Waals surface area contributed by atoms with Crippen LogP contribution in [0.4, 0.5) is 21.0 Å². The summed E-state index contributed by atoms with van der Waals surface area (Å²) in [6.07, 6.45) is 2.89. The zero-order valence-corrected chi connectivity index (χ0v) is 54.9. The molecule has 0 spiro atoms. The Bertz CT molecular complexity index is 2880. The van der Waals surface area contributed by atoms with Gasteiger partial charge >= 0.3 is 18.1 Å². The number of anilines is 2. The number of carbonyl (C=O) groups excluding carboxylic acids is 9. The summed E-state index contributed by atoms with van der Waals surface area (Å²) in [5, 5.41) is 29.4. The van der Waals surface area contributed by atoms with Gasteiger partial charge in [0.1, 0.15) is 59.1 Å². The summed E-state index contributed by atoms with van der Waals surface area (Å²) in [5.41, 5.74) is 3.09. The van der Waals surface area contributed by atoms with Crippen molar-refractivity contribution in [1.82, 2.24) is 31.5 Å². The van der Waals surface area contributed by atoms with Gasteiger partial charge in [-0.25, -0.2) is 14.4 Å². The number of rotatable bonds is 26. The summed E-state index contributed by atoms with van der Waals surface area (Å²) < 4.78 is 29.7. The highest BCUT2D eigenvalue weighted by Gasteiger charge is 2.64. The van der Waals surface area contributed by atoms with Crippen molar-refractivity contribution in [1.29, 1.82) is 0 Å². The van der Waals surface area contributed by atoms with E-state index in [0.29, 0.717) is 54.3 Å². The third-order valence-corrected chi connectivity index (χ3v) is 18.4. The fourth-order valence-electron chi connectivity index (χ4n) is 10.4. The van der Waals surface area contributed by atoms with E-state index in [1.54, 1.807) is 64.1 Å². The molecule has 0 saturated carbocycles. The van der Waals surface area contributed by atoms with Gasteiger partial charge in [-0.3, -0.25) is 29.3 Å². The van der Waals surface area contributed by atoms with Crippen molar-refractivity contribution in [3.8, 4) is 5.75 Å². The van der Waals surface area contributed by atoms with Gasteiger partial charge < -0.3 is 75.7 Å². The minimum absolute atomic E-state index is 0.0111. The Hall–Kier alpha value is -6.16. The van der Waals surface area contributed by atoms with Crippen LogP contribution in [0.3, 0.4) is 0 Å². The minimum Gasteiger partial charge on any atom is -0.495 e. The summed E-state index contributed by atoms with van der Waals surface area (Å²) in [7, 11) is 5.72. The molecular weight excluding hydrogens is 1280 g/mol. The number of likely N-dealkylation sites (N-methyl/N-ethyl adjacent to an activating group) is 1. The molecule has 3 aliphatic rings. The third kappa shape index (κ3) is 18.9. The zero-order chi connectivity index (χ0) is 64.6. The fraction of sp³-hybridized carbons (Fsp3) is 0.583. The number of amides is 8. The molecule has 3 aliphatic heterocycles. The van der Waals surface area contributed by atoms with E-state index in [1.807, 2.05) is 13.0 Å². The maximum Gasteiger partial charge on any atom is 0.409 e. The fourth-order valence-corrected chi connectivity index (χ4v) is 12.3. The lowest BCUT2D eigenvalue weighted by Gasteiger charge is -2.42. The number of epoxide rings is 1.